The highest BCUT2D eigenvalue weighted by molar-refractivity contribution is 5.95. The Morgan fingerprint density at radius 3 is 2.61 bits per heavy atom. The van der Waals surface area contributed by atoms with Crippen molar-refractivity contribution in [2.24, 2.45) is 0 Å². The zero-order chi connectivity index (χ0) is 13.7. The minimum absolute atomic E-state index is 0.162. The van der Waals surface area contributed by atoms with Crippen molar-refractivity contribution in [3.05, 3.63) is 24.0 Å². The second kappa shape index (κ2) is 6.23. The van der Waals surface area contributed by atoms with Gasteiger partial charge in [-0.25, -0.2) is 4.79 Å². The molecule has 100 valence electrons. The van der Waals surface area contributed by atoms with Crippen LogP contribution < -0.4 is 5.32 Å². The SMILES string of the molecule is CCC[C@H](NC(=O)c1cccn1C(C)C)C(=O)O. The van der Waals surface area contributed by atoms with E-state index < -0.39 is 12.0 Å². The average molecular weight is 252 g/mol. The van der Waals surface area contributed by atoms with Crippen LogP contribution in [0.2, 0.25) is 0 Å². The number of carboxylic acids is 1. The standard InChI is InChI=1S/C13H20N2O3/c1-4-6-10(13(17)18)14-12(16)11-7-5-8-15(11)9(2)3/h5,7-10H,4,6H2,1-3H3,(H,14,16)(H,17,18)/t10-/m0/s1. The van der Waals surface area contributed by atoms with Crippen LogP contribution in [0.5, 0.6) is 0 Å². The summed E-state index contributed by atoms with van der Waals surface area (Å²) in [6, 6.07) is 2.82. The van der Waals surface area contributed by atoms with Crippen molar-refractivity contribution >= 4 is 11.9 Å². The summed E-state index contributed by atoms with van der Waals surface area (Å²) in [5.74, 6) is -1.33. The molecular weight excluding hydrogens is 232 g/mol. The number of hydrogen-bond acceptors (Lipinski definition) is 2. The first kappa shape index (κ1) is 14.3. The van der Waals surface area contributed by atoms with Crippen LogP contribution in [-0.2, 0) is 4.79 Å². The topological polar surface area (TPSA) is 71.3 Å². The molecule has 0 aliphatic carbocycles. The third kappa shape index (κ3) is 3.35. The summed E-state index contributed by atoms with van der Waals surface area (Å²) >= 11 is 0. The van der Waals surface area contributed by atoms with Gasteiger partial charge in [-0.05, 0) is 32.4 Å². The molecule has 18 heavy (non-hydrogen) atoms. The number of nitrogens with zero attached hydrogens (tertiary/aromatic N) is 1. The molecule has 0 fully saturated rings. The van der Waals surface area contributed by atoms with E-state index in [1.165, 1.54) is 0 Å². The fourth-order valence-corrected chi connectivity index (χ4v) is 1.81. The molecule has 0 aliphatic heterocycles. The summed E-state index contributed by atoms with van der Waals surface area (Å²) in [4.78, 5) is 23.0. The van der Waals surface area contributed by atoms with Gasteiger partial charge in [0.1, 0.15) is 11.7 Å². The molecule has 0 saturated carbocycles. The molecular formula is C13H20N2O3. The van der Waals surface area contributed by atoms with Crippen LogP contribution in [0.25, 0.3) is 0 Å². The quantitative estimate of drug-likeness (QED) is 0.814. The molecule has 0 aromatic carbocycles. The smallest absolute Gasteiger partial charge is 0.326 e. The summed E-state index contributed by atoms with van der Waals surface area (Å²) in [5, 5.41) is 11.6. The molecule has 2 N–H and O–H groups in total. The Labute approximate surface area is 107 Å². The number of aromatic nitrogens is 1. The molecule has 0 spiro atoms. The molecule has 1 amide bonds. The number of amides is 1. The Bertz CT molecular complexity index is 424. The predicted molar refractivity (Wildman–Crippen MR) is 68.6 cm³/mol. The molecule has 0 bridgehead atoms. The van der Waals surface area contributed by atoms with Crippen molar-refractivity contribution in [1.82, 2.24) is 9.88 Å². The monoisotopic (exact) mass is 252 g/mol. The van der Waals surface area contributed by atoms with Crippen molar-refractivity contribution in [2.45, 2.75) is 45.7 Å². The summed E-state index contributed by atoms with van der Waals surface area (Å²) in [5.41, 5.74) is 0.493. The van der Waals surface area contributed by atoms with Crippen LogP contribution in [0.4, 0.5) is 0 Å². The lowest BCUT2D eigenvalue weighted by molar-refractivity contribution is -0.139. The maximum absolute atomic E-state index is 12.0. The van der Waals surface area contributed by atoms with Crippen LogP contribution in [-0.4, -0.2) is 27.6 Å². The zero-order valence-corrected chi connectivity index (χ0v) is 11.0. The van der Waals surface area contributed by atoms with Gasteiger partial charge < -0.3 is 15.0 Å². The number of carbonyl (C=O) groups excluding carboxylic acids is 1. The number of nitrogens with one attached hydrogen (secondary N) is 1. The van der Waals surface area contributed by atoms with E-state index in [-0.39, 0.29) is 11.9 Å². The highest BCUT2D eigenvalue weighted by Gasteiger charge is 2.21. The van der Waals surface area contributed by atoms with Gasteiger partial charge in [0, 0.05) is 12.2 Å². The van der Waals surface area contributed by atoms with Gasteiger partial charge >= 0.3 is 5.97 Å². The largest absolute Gasteiger partial charge is 0.480 e. The Morgan fingerprint density at radius 2 is 2.11 bits per heavy atom. The van der Waals surface area contributed by atoms with E-state index in [1.807, 2.05) is 31.5 Å². The highest BCUT2D eigenvalue weighted by atomic mass is 16.4. The fraction of sp³-hybridized carbons (Fsp3) is 0.538. The van der Waals surface area contributed by atoms with Crippen LogP contribution >= 0.6 is 0 Å². The Kier molecular flexibility index (Phi) is 4.95. The predicted octanol–water partition coefficient (Wildman–Crippen LogP) is 2.05. The van der Waals surface area contributed by atoms with Gasteiger partial charge in [-0.15, -0.1) is 0 Å². The lowest BCUT2D eigenvalue weighted by Gasteiger charge is -2.16. The molecule has 1 heterocycles. The Hall–Kier alpha value is -1.78. The molecule has 1 aromatic rings. The van der Waals surface area contributed by atoms with Gasteiger partial charge in [-0.2, -0.15) is 0 Å². The second-order valence-corrected chi connectivity index (χ2v) is 4.55. The number of carbonyl (C=O) groups is 2. The van der Waals surface area contributed by atoms with Crippen LogP contribution in [0.15, 0.2) is 18.3 Å². The molecule has 0 radical (unpaired) electrons. The lowest BCUT2D eigenvalue weighted by Crippen LogP contribution is -2.41. The van der Waals surface area contributed by atoms with Crippen molar-refractivity contribution in [1.29, 1.82) is 0 Å². The molecule has 1 atom stereocenters. The van der Waals surface area contributed by atoms with Crippen molar-refractivity contribution < 1.29 is 14.7 Å². The highest BCUT2D eigenvalue weighted by Crippen LogP contribution is 2.11. The van der Waals surface area contributed by atoms with E-state index in [1.54, 1.807) is 12.1 Å². The van der Waals surface area contributed by atoms with E-state index in [0.29, 0.717) is 18.5 Å². The maximum atomic E-state index is 12.0. The Balaban J connectivity index is 2.80. The molecule has 0 unspecified atom stereocenters. The summed E-state index contributed by atoms with van der Waals surface area (Å²) in [7, 11) is 0. The van der Waals surface area contributed by atoms with Gasteiger partial charge in [0.2, 0.25) is 0 Å². The van der Waals surface area contributed by atoms with Gasteiger partial charge in [-0.1, -0.05) is 13.3 Å². The summed E-state index contributed by atoms with van der Waals surface area (Å²) in [6.07, 6.45) is 2.96. The first-order valence-electron chi connectivity index (χ1n) is 6.17. The number of hydrogen-bond donors (Lipinski definition) is 2. The fourth-order valence-electron chi connectivity index (χ4n) is 1.81. The number of carboxylic acid groups (broad SMARTS) is 1. The van der Waals surface area contributed by atoms with E-state index in [2.05, 4.69) is 5.32 Å². The minimum Gasteiger partial charge on any atom is -0.480 e. The summed E-state index contributed by atoms with van der Waals surface area (Å²) < 4.78 is 1.82. The zero-order valence-electron chi connectivity index (χ0n) is 11.0. The average Bonchev–Trinajstić information content (AvgIpc) is 2.77. The van der Waals surface area contributed by atoms with E-state index in [9.17, 15) is 9.59 Å². The van der Waals surface area contributed by atoms with Crippen LogP contribution in [0.1, 0.15) is 50.1 Å². The lowest BCUT2D eigenvalue weighted by atomic mass is 10.1. The van der Waals surface area contributed by atoms with E-state index in [4.69, 9.17) is 5.11 Å². The third-order valence-electron chi connectivity index (χ3n) is 2.75. The molecule has 0 saturated heterocycles. The van der Waals surface area contributed by atoms with Crippen molar-refractivity contribution in [3.8, 4) is 0 Å². The van der Waals surface area contributed by atoms with E-state index in [0.717, 1.165) is 0 Å². The van der Waals surface area contributed by atoms with Crippen molar-refractivity contribution in [2.75, 3.05) is 0 Å². The summed E-state index contributed by atoms with van der Waals surface area (Å²) in [6.45, 7) is 5.83. The maximum Gasteiger partial charge on any atom is 0.326 e. The van der Waals surface area contributed by atoms with Gasteiger partial charge in [0.25, 0.3) is 5.91 Å². The van der Waals surface area contributed by atoms with Crippen LogP contribution in [0, 0.1) is 0 Å². The molecule has 5 nitrogen and oxygen atoms in total. The van der Waals surface area contributed by atoms with Gasteiger partial charge in [0.05, 0.1) is 0 Å². The second-order valence-electron chi connectivity index (χ2n) is 4.55. The van der Waals surface area contributed by atoms with Gasteiger partial charge in [0.15, 0.2) is 0 Å². The third-order valence-corrected chi connectivity index (χ3v) is 2.75. The molecule has 0 aliphatic rings. The normalized spacial score (nSPS) is 12.4. The van der Waals surface area contributed by atoms with E-state index >= 15 is 0 Å². The van der Waals surface area contributed by atoms with Gasteiger partial charge in [-0.3, -0.25) is 4.79 Å². The minimum atomic E-state index is -0.993. The number of rotatable bonds is 6. The molecule has 1 aromatic heterocycles. The van der Waals surface area contributed by atoms with Crippen molar-refractivity contribution in [3.63, 3.8) is 0 Å². The molecule has 1 rings (SSSR count). The molecule has 5 heteroatoms. The Morgan fingerprint density at radius 1 is 1.44 bits per heavy atom. The number of aliphatic carboxylic acids is 1. The van der Waals surface area contributed by atoms with Crippen LogP contribution in [0.3, 0.4) is 0 Å². The first-order valence-corrected chi connectivity index (χ1v) is 6.17. The first-order chi connectivity index (χ1) is 8.47.